The van der Waals surface area contributed by atoms with Crippen LogP contribution in [0, 0.1) is 0 Å². The fourth-order valence-corrected chi connectivity index (χ4v) is 4.24. The summed E-state index contributed by atoms with van der Waals surface area (Å²) in [7, 11) is 0. The van der Waals surface area contributed by atoms with Crippen molar-refractivity contribution in [2.75, 3.05) is 38.3 Å². The Hall–Kier alpha value is -3.92. The molecular formula is C25H24N2O7S. The van der Waals surface area contributed by atoms with Crippen LogP contribution < -0.4 is 24.3 Å². The number of nitrogens with zero attached hydrogens (tertiary/aromatic N) is 1. The van der Waals surface area contributed by atoms with Gasteiger partial charge in [-0.1, -0.05) is 18.7 Å². The van der Waals surface area contributed by atoms with Gasteiger partial charge in [0.15, 0.2) is 23.0 Å². The first kappa shape index (κ1) is 24.2. The first-order chi connectivity index (χ1) is 17.0. The van der Waals surface area contributed by atoms with Crippen LogP contribution in [0.5, 0.6) is 23.0 Å². The summed E-state index contributed by atoms with van der Waals surface area (Å²) in [5.41, 5.74) is 1.13. The van der Waals surface area contributed by atoms with Gasteiger partial charge in [0.25, 0.3) is 11.1 Å². The van der Waals surface area contributed by atoms with Crippen molar-refractivity contribution in [1.29, 1.82) is 0 Å². The molecule has 9 nitrogen and oxygen atoms in total. The maximum Gasteiger partial charge on any atom is 0.294 e. The molecule has 35 heavy (non-hydrogen) atoms. The molecule has 182 valence electrons. The molecule has 0 spiro atoms. The van der Waals surface area contributed by atoms with Crippen LogP contribution in [0.3, 0.4) is 0 Å². The van der Waals surface area contributed by atoms with Crippen molar-refractivity contribution >= 4 is 40.6 Å². The van der Waals surface area contributed by atoms with Gasteiger partial charge in [0.05, 0.1) is 11.5 Å². The third kappa shape index (κ3) is 5.78. The minimum Gasteiger partial charge on any atom is -0.490 e. The second kappa shape index (κ2) is 11.0. The average Bonchev–Trinajstić information content (AvgIpc) is 3.11. The fraction of sp³-hybridized carbons (Fsp3) is 0.240. The number of anilines is 1. The van der Waals surface area contributed by atoms with Crippen molar-refractivity contribution in [2.45, 2.75) is 6.92 Å². The van der Waals surface area contributed by atoms with Crippen LogP contribution in [0.4, 0.5) is 10.5 Å². The number of ether oxygens (including phenoxy) is 4. The number of fused-ring (bicyclic) bond motifs is 1. The summed E-state index contributed by atoms with van der Waals surface area (Å²) in [6.45, 7) is 6.72. The molecule has 3 amide bonds. The number of benzene rings is 2. The van der Waals surface area contributed by atoms with Gasteiger partial charge >= 0.3 is 0 Å². The van der Waals surface area contributed by atoms with Crippen LogP contribution >= 0.6 is 11.8 Å². The van der Waals surface area contributed by atoms with Gasteiger partial charge in [-0.3, -0.25) is 19.3 Å². The monoisotopic (exact) mass is 496 g/mol. The molecule has 0 atom stereocenters. The number of thioether (sulfide) groups is 1. The molecule has 0 aromatic heterocycles. The highest BCUT2D eigenvalue weighted by atomic mass is 32.2. The third-order valence-electron chi connectivity index (χ3n) is 4.92. The number of carbonyl (C=O) groups excluding carboxylic acids is 3. The standard InChI is InChI=1S/C25H24N2O7S/c1-3-9-32-18-7-5-16(12-20(18)31-4-2)13-22-24(29)27(25(30)35-22)15-23(28)26-17-6-8-19-21(14-17)34-11-10-33-19/h3,5-8,12-14H,1,4,9-11,15H2,2H3,(H,26,28)/b22-13+. The Morgan fingerprint density at radius 3 is 2.69 bits per heavy atom. The molecule has 1 saturated heterocycles. The molecule has 0 aliphatic carbocycles. The molecule has 2 heterocycles. The van der Waals surface area contributed by atoms with E-state index in [1.54, 1.807) is 48.6 Å². The minimum atomic E-state index is -0.540. The normalized spacial score (nSPS) is 15.8. The molecular weight excluding hydrogens is 472 g/mol. The first-order valence-electron chi connectivity index (χ1n) is 10.9. The Bertz CT molecular complexity index is 1190. The molecule has 10 heteroatoms. The summed E-state index contributed by atoms with van der Waals surface area (Å²) in [6, 6.07) is 10.2. The topological polar surface area (TPSA) is 103 Å². The van der Waals surface area contributed by atoms with Gasteiger partial charge in [0, 0.05) is 11.8 Å². The van der Waals surface area contributed by atoms with Crippen molar-refractivity contribution in [3.8, 4) is 23.0 Å². The van der Waals surface area contributed by atoms with Crippen LogP contribution in [0.2, 0.25) is 0 Å². The molecule has 0 bridgehead atoms. The molecule has 0 unspecified atom stereocenters. The molecule has 0 radical (unpaired) electrons. The maximum absolute atomic E-state index is 12.9. The molecule has 2 aliphatic heterocycles. The van der Waals surface area contributed by atoms with E-state index >= 15 is 0 Å². The Morgan fingerprint density at radius 2 is 1.91 bits per heavy atom. The third-order valence-corrected chi connectivity index (χ3v) is 5.83. The second-order valence-corrected chi connectivity index (χ2v) is 8.41. The van der Waals surface area contributed by atoms with Gasteiger partial charge in [0.1, 0.15) is 26.4 Å². The van der Waals surface area contributed by atoms with E-state index in [0.717, 1.165) is 16.7 Å². The number of hydrogen-bond acceptors (Lipinski definition) is 8. The molecule has 1 N–H and O–H groups in total. The van der Waals surface area contributed by atoms with E-state index in [2.05, 4.69) is 11.9 Å². The lowest BCUT2D eigenvalue weighted by Crippen LogP contribution is -2.36. The summed E-state index contributed by atoms with van der Waals surface area (Å²) >= 11 is 0.777. The number of amides is 3. The zero-order valence-electron chi connectivity index (χ0n) is 19.1. The summed E-state index contributed by atoms with van der Waals surface area (Å²) in [4.78, 5) is 39.0. The van der Waals surface area contributed by atoms with E-state index in [1.165, 1.54) is 0 Å². The first-order valence-corrected chi connectivity index (χ1v) is 11.8. The zero-order chi connectivity index (χ0) is 24.8. The predicted octanol–water partition coefficient (Wildman–Crippen LogP) is 4.10. The molecule has 2 aromatic rings. The number of nitrogens with one attached hydrogen (secondary N) is 1. The maximum atomic E-state index is 12.9. The predicted molar refractivity (Wildman–Crippen MR) is 132 cm³/mol. The van der Waals surface area contributed by atoms with Crippen LogP contribution in [-0.2, 0) is 9.59 Å². The summed E-state index contributed by atoms with van der Waals surface area (Å²) < 4.78 is 22.2. The Morgan fingerprint density at radius 1 is 1.11 bits per heavy atom. The fourth-order valence-electron chi connectivity index (χ4n) is 3.40. The molecule has 0 saturated carbocycles. The highest BCUT2D eigenvalue weighted by Gasteiger charge is 2.36. The number of imide groups is 1. The largest absolute Gasteiger partial charge is 0.490 e. The van der Waals surface area contributed by atoms with Gasteiger partial charge in [0.2, 0.25) is 5.91 Å². The molecule has 2 aliphatic rings. The highest BCUT2D eigenvalue weighted by Crippen LogP contribution is 2.35. The Labute approximate surface area is 206 Å². The van der Waals surface area contributed by atoms with Crippen LogP contribution in [0.25, 0.3) is 6.08 Å². The van der Waals surface area contributed by atoms with E-state index in [4.69, 9.17) is 18.9 Å². The minimum absolute atomic E-state index is 0.212. The van der Waals surface area contributed by atoms with Crippen LogP contribution in [-0.4, -0.2) is 54.9 Å². The molecule has 2 aromatic carbocycles. The van der Waals surface area contributed by atoms with Crippen molar-refractivity contribution in [2.24, 2.45) is 0 Å². The van der Waals surface area contributed by atoms with Gasteiger partial charge in [-0.15, -0.1) is 0 Å². The van der Waals surface area contributed by atoms with E-state index in [-0.39, 0.29) is 4.91 Å². The highest BCUT2D eigenvalue weighted by molar-refractivity contribution is 8.18. The van der Waals surface area contributed by atoms with Crippen LogP contribution in [0.15, 0.2) is 54.0 Å². The van der Waals surface area contributed by atoms with Gasteiger partial charge in [-0.05, 0) is 54.6 Å². The lowest BCUT2D eigenvalue weighted by molar-refractivity contribution is -0.127. The van der Waals surface area contributed by atoms with Crippen molar-refractivity contribution in [3.05, 3.63) is 59.5 Å². The van der Waals surface area contributed by atoms with Crippen molar-refractivity contribution < 1.29 is 33.3 Å². The number of carbonyl (C=O) groups is 3. The van der Waals surface area contributed by atoms with Gasteiger partial charge in [-0.25, -0.2) is 0 Å². The van der Waals surface area contributed by atoms with Crippen molar-refractivity contribution in [1.82, 2.24) is 4.90 Å². The van der Waals surface area contributed by atoms with E-state index in [0.29, 0.717) is 60.7 Å². The van der Waals surface area contributed by atoms with Gasteiger partial charge in [-0.2, -0.15) is 0 Å². The van der Waals surface area contributed by atoms with Crippen LogP contribution in [0.1, 0.15) is 12.5 Å². The lowest BCUT2D eigenvalue weighted by Gasteiger charge is -2.19. The van der Waals surface area contributed by atoms with E-state index in [9.17, 15) is 14.4 Å². The number of hydrogen-bond donors (Lipinski definition) is 1. The van der Waals surface area contributed by atoms with E-state index in [1.807, 2.05) is 6.92 Å². The van der Waals surface area contributed by atoms with Crippen molar-refractivity contribution in [3.63, 3.8) is 0 Å². The number of rotatable bonds is 9. The SMILES string of the molecule is C=CCOc1ccc(/C=C2/SC(=O)N(CC(=O)Nc3ccc4c(c3)OCCO4)C2=O)cc1OCC. The Balaban J connectivity index is 1.43. The summed E-state index contributed by atoms with van der Waals surface area (Å²) in [5, 5.41) is 2.16. The van der Waals surface area contributed by atoms with Gasteiger partial charge < -0.3 is 24.3 Å². The zero-order valence-corrected chi connectivity index (χ0v) is 19.9. The Kier molecular flexibility index (Phi) is 7.61. The average molecular weight is 497 g/mol. The van der Waals surface area contributed by atoms with E-state index < -0.39 is 23.6 Å². The second-order valence-electron chi connectivity index (χ2n) is 7.41. The molecule has 4 rings (SSSR count). The summed E-state index contributed by atoms with van der Waals surface area (Å²) in [5.74, 6) is 1.14. The summed E-state index contributed by atoms with van der Waals surface area (Å²) in [6.07, 6.45) is 3.22. The lowest BCUT2D eigenvalue weighted by atomic mass is 10.2. The quantitative estimate of drug-likeness (QED) is 0.409. The molecule has 1 fully saturated rings. The smallest absolute Gasteiger partial charge is 0.294 e.